The van der Waals surface area contributed by atoms with Gasteiger partial charge in [0.05, 0.1) is 6.61 Å². The van der Waals surface area contributed by atoms with Crippen LogP contribution in [0.5, 0.6) is 5.75 Å². The zero-order chi connectivity index (χ0) is 22.7. The van der Waals surface area contributed by atoms with Crippen LogP contribution in [-0.2, 0) is 16.0 Å². The first-order valence-electron chi connectivity index (χ1n) is 10.8. The first-order valence-corrected chi connectivity index (χ1v) is 12.9. The maximum absolute atomic E-state index is 10.8. The minimum Gasteiger partial charge on any atom is -0.492 e. The van der Waals surface area contributed by atoms with E-state index in [1.807, 2.05) is 0 Å². The fourth-order valence-corrected chi connectivity index (χ4v) is 6.72. The van der Waals surface area contributed by atoms with Crippen LogP contribution in [0.2, 0.25) is 15.1 Å². The Morgan fingerprint density at radius 1 is 1.12 bits per heavy atom. The maximum atomic E-state index is 10.8. The van der Waals surface area contributed by atoms with Crippen LogP contribution < -0.4 is 4.74 Å². The maximum Gasteiger partial charge on any atom is 0.303 e. The molecule has 32 heavy (non-hydrogen) atoms. The van der Waals surface area contributed by atoms with Crippen LogP contribution in [0.25, 0.3) is 0 Å². The molecule has 2 aliphatic rings. The van der Waals surface area contributed by atoms with Gasteiger partial charge in [-0.2, -0.15) is 0 Å². The predicted molar refractivity (Wildman–Crippen MR) is 133 cm³/mol. The van der Waals surface area contributed by atoms with Crippen LogP contribution in [0.4, 0.5) is 0 Å². The topological polar surface area (TPSA) is 46.5 Å². The first kappa shape index (κ1) is 23.8. The van der Waals surface area contributed by atoms with Crippen LogP contribution in [0.3, 0.4) is 0 Å². The normalized spacial score (nSPS) is 21.4. The number of rotatable bonds is 6. The van der Waals surface area contributed by atoms with Gasteiger partial charge in [-0.05, 0) is 68.4 Å². The number of aliphatic carboxylic acids is 1. The van der Waals surface area contributed by atoms with E-state index in [2.05, 4.69) is 24.3 Å². The minimum atomic E-state index is -0.737. The number of carbonyl (C=O) groups is 1. The molecule has 1 fully saturated rings. The lowest BCUT2D eigenvalue weighted by atomic mass is 9.76. The van der Waals surface area contributed by atoms with E-state index in [4.69, 9.17) is 44.6 Å². The van der Waals surface area contributed by atoms with Crippen LogP contribution in [0.15, 0.2) is 46.9 Å². The molecule has 1 aliphatic carbocycles. The second-order valence-electron chi connectivity index (χ2n) is 8.51. The monoisotopic (exact) mass is 510 g/mol. The van der Waals surface area contributed by atoms with Gasteiger partial charge in [-0.25, -0.2) is 0 Å². The Morgan fingerprint density at radius 2 is 1.91 bits per heavy atom. The van der Waals surface area contributed by atoms with Crippen molar-refractivity contribution in [2.45, 2.75) is 61.0 Å². The van der Waals surface area contributed by atoms with Crippen molar-refractivity contribution in [2.75, 3.05) is 6.61 Å². The number of hydrogen-bond donors (Lipinski definition) is 1. The summed E-state index contributed by atoms with van der Waals surface area (Å²) < 4.78 is 6.17. The zero-order valence-electron chi connectivity index (χ0n) is 17.6. The third-order valence-corrected chi connectivity index (χ3v) is 8.30. The van der Waals surface area contributed by atoms with Crippen molar-refractivity contribution in [1.82, 2.24) is 0 Å². The van der Waals surface area contributed by atoms with E-state index < -0.39 is 5.97 Å². The van der Waals surface area contributed by atoms with Crippen molar-refractivity contribution in [3.63, 3.8) is 0 Å². The molecule has 2 aromatic rings. The summed E-state index contributed by atoms with van der Waals surface area (Å²) in [6, 6.07) is 9.94. The summed E-state index contributed by atoms with van der Waals surface area (Å²) in [4.78, 5) is 11.9. The van der Waals surface area contributed by atoms with Gasteiger partial charge in [0, 0.05) is 43.1 Å². The van der Waals surface area contributed by atoms with Crippen molar-refractivity contribution < 1.29 is 14.6 Å². The molecule has 1 heterocycles. The highest BCUT2D eigenvalue weighted by Gasteiger charge is 2.41. The van der Waals surface area contributed by atoms with E-state index in [-0.39, 0.29) is 11.8 Å². The Hall–Kier alpha value is -1.33. The molecule has 1 N–H and O–H groups in total. The summed E-state index contributed by atoms with van der Waals surface area (Å²) in [7, 11) is 0. The Bertz CT molecular complexity index is 1030. The number of fused-ring (bicyclic) bond motifs is 2. The molecule has 1 spiro atoms. The fraction of sp³-hybridized carbons (Fsp3) is 0.400. The number of thioether (sulfide) groups is 1. The van der Waals surface area contributed by atoms with Crippen molar-refractivity contribution in [3.8, 4) is 5.75 Å². The van der Waals surface area contributed by atoms with Gasteiger partial charge in [-0.15, -0.1) is 11.8 Å². The van der Waals surface area contributed by atoms with Gasteiger partial charge in [0.1, 0.15) is 5.75 Å². The van der Waals surface area contributed by atoms with Crippen LogP contribution in [0.1, 0.15) is 56.1 Å². The van der Waals surface area contributed by atoms with E-state index in [1.165, 1.54) is 11.1 Å². The van der Waals surface area contributed by atoms with Crippen molar-refractivity contribution in [2.24, 2.45) is 0 Å². The average molecular weight is 512 g/mol. The minimum absolute atomic E-state index is 0.0592. The second-order valence-corrected chi connectivity index (χ2v) is 10.8. The lowest BCUT2D eigenvalue weighted by Gasteiger charge is -2.26. The number of ether oxygens (including phenoxy) is 1. The van der Waals surface area contributed by atoms with E-state index in [0.29, 0.717) is 33.8 Å². The van der Waals surface area contributed by atoms with E-state index in [9.17, 15) is 4.79 Å². The quantitative estimate of drug-likeness (QED) is 0.313. The molecule has 170 valence electrons. The Morgan fingerprint density at radius 3 is 2.66 bits per heavy atom. The van der Waals surface area contributed by atoms with Crippen LogP contribution in [0, 0.1) is 0 Å². The summed E-state index contributed by atoms with van der Waals surface area (Å²) in [5.41, 5.74) is 3.63. The van der Waals surface area contributed by atoms with Crippen LogP contribution in [-0.4, -0.2) is 17.7 Å². The van der Waals surface area contributed by atoms with Crippen LogP contribution >= 0.6 is 46.6 Å². The molecule has 1 aliphatic heterocycles. The summed E-state index contributed by atoms with van der Waals surface area (Å²) in [5.74, 6) is 0.893. The lowest BCUT2D eigenvalue weighted by Crippen LogP contribution is -2.27. The number of carboxylic acids is 1. The molecule has 2 aromatic carbocycles. The zero-order valence-corrected chi connectivity index (χ0v) is 20.7. The third-order valence-electron chi connectivity index (χ3n) is 6.39. The van der Waals surface area contributed by atoms with Gasteiger partial charge in [0.2, 0.25) is 0 Å². The highest BCUT2D eigenvalue weighted by molar-refractivity contribution is 7.98. The largest absolute Gasteiger partial charge is 0.492 e. The SMILES string of the molecule is O=C(O)CCC=C1CCCC2(CC1)COc1cc(SCc3c(Cl)cc(Cl)cc3Cl)ccc12. The first-order chi connectivity index (χ1) is 15.4. The van der Waals surface area contributed by atoms with Gasteiger partial charge in [0.15, 0.2) is 0 Å². The summed E-state index contributed by atoms with van der Waals surface area (Å²) in [6.45, 7) is 0.716. The molecule has 0 bridgehead atoms. The molecule has 0 saturated heterocycles. The molecule has 1 unspecified atom stereocenters. The third kappa shape index (κ3) is 5.41. The van der Waals surface area contributed by atoms with Crippen molar-refractivity contribution in [3.05, 3.63) is 68.2 Å². The molecule has 0 radical (unpaired) electrons. The van der Waals surface area contributed by atoms with Gasteiger partial charge in [0.25, 0.3) is 0 Å². The molecule has 0 amide bonds. The fourth-order valence-electron chi connectivity index (χ4n) is 4.63. The number of allylic oxidation sites excluding steroid dienone is 2. The molecular formula is C25H25Cl3O3S. The van der Waals surface area contributed by atoms with Gasteiger partial charge in [-0.3, -0.25) is 4.79 Å². The van der Waals surface area contributed by atoms with Gasteiger partial charge < -0.3 is 9.84 Å². The molecular weight excluding hydrogens is 487 g/mol. The molecule has 7 heteroatoms. The number of benzene rings is 2. The summed E-state index contributed by atoms with van der Waals surface area (Å²) >= 11 is 20.3. The van der Waals surface area contributed by atoms with Crippen molar-refractivity contribution in [1.29, 1.82) is 0 Å². The summed E-state index contributed by atoms with van der Waals surface area (Å²) in [6.07, 6.45) is 8.25. The van der Waals surface area contributed by atoms with E-state index in [1.54, 1.807) is 23.9 Å². The lowest BCUT2D eigenvalue weighted by molar-refractivity contribution is -0.136. The average Bonchev–Trinajstić information content (AvgIpc) is 2.94. The molecule has 1 saturated carbocycles. The number of carboxylic acid groups (broad SMARTS) is 1. The highest BCUT2D eigenvalue weighted by Crippen LogP contribution is 2.49. The predicted octanol–water partition coefficient (Wildman–Crippen LogP) is 8.32. The Balaban J connectivity index is 1.44. The van der Waals surface area contributed by atoms with E-state index in [0.717, 1.165) is 48.3 Å². The number of halogens is 3. The molecule has 1 atom stereocenters. The standard InChI is InChI=1S/C25H25Cl3O3S/c26-17-11-21(27)19(22(28)12-17)14-32-18-6-7-20-23(13-18)31-15-25(20)9-2-4-16(8-10-25)3-1-5-24(29)30/h3,6-7,11-13H,1-2,4-5,8-10,14-15H2,(H,29,30). The molecule has 4 rings (SSSR count). The van der Waals surface area contributed by atoms with Crippen molar-refractivity contribution >= 4 is 52.5 Å². The smallest absolute Gasteiger partial charge is 0.303 e. The molecule has 0 aromatic heterocycles. The summed E-state index contributed by atoms with van der Waals surface area (Å²) in [5, 5.41) is 10.6. The van der Waals surface area contributed by atoms with E-state index >= 15 is 0 Å². The molecule has 3 nitrogen and oxygen atoms in total. The van der Waals surface area contributed by atoms with Gasteiger partial charge in [-0.1, -0.05) is 52.5 Å². The Labute approximate surface area is 208 Å². The Kier molecular flexibility index (Phi) is 7.66. The highest BCUT2D eigenvalue weighted by atomic mass is 35.5. The van der Waals surface area contributed by atoms with Gasteiger partial charge >= 0.3 is 5.97 Å². The second kappa shape index (κ2) is 10.3. The number of hydrogen-bond acceptors (Lipinski definition) is 3.